The van der Waals surface area contributed by atoms with E-state index in [9.17, 15) is 0 Å². The van der Waals surface area contributed by atoms with Crippen LogP contribution in [-0.4, -0.2) is 36.0 Å². The third-order valence-corrected chi connectivity index (χ3v) is 2.80. The Morgan fingerprint density at radius 3 is 3.06 bits per heavy atom. The molecule has 6 heteroatoms. The van der Waals surface area contributed by atoms with Crippen molar-refractivity contribution in [3.63, 3.8) is 0 Å². The third-order valence-electron chi connectivity index (χ3n) is 2.80. The molecule has 0 aromatic carbocycles. The molecule has 0 spiro atoms. The maximum absolute atomic E-state index is 5.49. The van der Waals surface area contributed by atoms with Crippen LogP contribution in [0, 0.1) is 0 Å². The lowest BCUT2D eigenvalue weighted by molar-refractivity contribution is -0.0941. The summed E-state index contributed by atoms with van der Waals surface area (Å²) >= 11 is 0. The van der Waals surface area contributed by atoms with Crippen LogP contribution in [0.1, 0.15) is 38.1 Å². The molecule has 96 valence electrons. The highest BCUT2D eigenvalue weighted by Crippen LogP contribution is 2.17. The number of rotatable bonds is 5. The lowest BCUT2D eigenvalue weighted by Gasteiger charge is -2.19. The van der Waals surface area contributed by atoms with E-state index in [-0.39, 0.29) is 6.10 Å². The summed E-state index contributed by atoms with van der Waals surface area (Å²) in [6.07, 6.45) is 0.880. The first-order valence-electron chi connectivity index (χ1n) is 6.04. The summed E-state index contributed by atoms with van der Waals surface area (Å²) in [7, 11) is 0. The summed E-state index contributed by atoms with van der Waals surface area (Å²) in [5.41, 5.74) is 0. The Balaban J connectivity index is 1.86. The van der Waals surface area contributed by atoms with Crippen molar-refractivity contribution in [2.24, 2.45) is 0 Å². The largest absolute Gasteiger partial charge is 0.376 e. The van der Waals surface area contributed by atoms with E-state index >= 15 is 0 Å². The molecule has 2 rings (SSSR count). The summed E-state index contributed by atoms with van der Waals surface area (Å²) < 4.78 is 15.9. The molecule has 1 aliphatic rings. The van der Waals surface area contributed by atoms with Crippen LogP contribution in [0.5, 0.6) is 0 Å². The van der Waals surface area contributed by atoms with E-state index < -0.39 is 0 Å². The van der Waals surface area contributed by atoms with Crippen LogP contribution in [0.25, 0.3) is 0 Å². The van der Waals surface area contributed by atoms with Gasteiger partial charge in [0, 0.05) is 6.04 Å². The molecule has 6 nitrogen and oxygen atoms in total. The predicted molar refractivity (Wildman–Crippen MR) is 60.4 cm³/mol. The molecule has 0 aliphatic carbocycles. The zero-order valence-corrected chi connectivity index (χ0v) is 10.3. The third kappa shape index (κ3) is 3.49. The maximum atomic E-state index is 5.49. The monoisotopic (exact) mass is 241 g/mol. The van der Waals surface area contributed by atoms with Gasteiger partial charge in [-0.05, 0) is 13.3 Å². The summed E-state index contributed by atoms with van der Waals surface area (Å²) in [5, 5.41) is 7.21. The van der Waals surface area contributed by atoms with Gasteiger partial charge in [-0.15, -0.1) is 0 Å². The van der Waals surface area contributed by atoms with Crippen molar-refractivity contribution in [3.8, 4) is 0 Å². The SMILES string of the molecule is CCC(C)NCc1nc(C2COCCO2)no1. The minimum absolute atomic E-state index is 0.190. The fourth-order valence-electron chi connectivity index (χ4n) is 1.51. The van der Waals surface area contributed by atoms with Gasteiger partial charge in [0.1, 0.15) is 6.10 Å². The van der Waals surface area contributed by atoms with Gasteiger partial charge in [0.05, 0.1) is 26.4 Å². The molecule has 1 aromatic heterocycles. The molecule has 2 unspecified atom stereocenters. The van der Waals surface area contributed by atoms with Gasteiger partial charge in [-0.2, -0.15) is 4.98 Å². The van der Waals surface area contributed by atoms with Gasteiger partial charge in [-0.1, -0.05) is 12.1 Å². The summed E-state index contributed by atoms with van der Waals surface area (Å²) in [4.78, 5) is 4.29. The molecule has 2 atom stereocenters. The molecule has 2 heterocycles. The summed E-state index contributed by atoms with van der Waals surface area (Å²) in [5.74, 6) is 1.17. The normalized spacial score (nSPS) is 22.6. The smallest absolute Gasteiger partial charge is 0.240 e. The zero-order chi connectivity index (χ0) is 12.1. The van der Waals surface area contributed by atoms with Gasteiger partial charge in [0.2, 0.25) is 11.7 Å². The Hall–Kier alpha value is -0.980. The van der Waals surface area contributed by atoms with Crippen LogP contribution in [0.2, 0.25) is 0 Å². The van der Waals surface area contributed by atoms with Gasteiger partial charge < -0.3 is 19.3 Å². The van der Waals surface area contributed by atoms with Gasteiger partial charge in [-0.3, -0.25) is 0 Å². The minimum atomic E-state index is -0.190. The van der Waals surface area contributed by atoms with Gasteiger partial charge in [0.15, 0.2) is 0 Å². The molecule has 0 bridgehead atoms. The second-order valence-electron chi connectivity index (χ2n) is 4.17. The highest BCUT2D eigenvalue weighted by Gasteiger charge is 2.22. The molecular weight excluding hydrogens is 222 g/mol. The number of ether oxygens (including phenoxy) is 2. The van der Waals surface area contributed by atoms with E-state index in [2.05, 4.69) is 29.3 Å². The topological polar surface area (TPSA) is 69.4 Å². The molecule has 1 fully saturated rings. The Morgan fingerprint density at radius 1 is 1.47 bits per heavy atom. The average Bonchev–Trinajstić information content (AvgIpc) is 2.86. The van der Waals surface area contributed by atoms with Crippen molar-refractivity contribution in [2.75, 3.05) is 19.8 Å². The number of hydrogen-bond acceptors (Lipinski definition) is 6. The number of aromatic nitrogens is 2. The van der Waals surface area contributed by atoms with E-state index in [1.807, 2.05) is 0 Å². The molecule has 1 aromatic rings. The lowest BCUT2D eigenvalue weighted by Crippen LogP contribution is -2.25. The van der Waals surface area contributed by atoms with Crippen molar-refractivity contribution >= 4 is 0 Å². The molecule has 0 radical (unpaired) electrons. The van der Waals surface area contributed by atoms with E-state index in [1.54, 1.807) is 0 Å². The Kier molecular flexibility index (Phi) is 4.47. The molecule has 1 N–H and O–H groups in total. The van der Waals surface area contributed by atoms with Crippen molar-refractivity contribution in [1.29, 1.82) is 0 Å². The van der Waals surface area contributed by atoms with E-state index in [0.717, 1.165) is 6.42 Å². The number of nitrogens with zero attached hydrogens (tertiary/aromatic N) is 2. The van der Waals surface area contributed by atoms with Gasteiger partial charge in [-0.25, -0.2) is 0 Å². The van der Waals surface area contributed by atoms with Crippen LogP contribution in [0.4, 0.5) is 0 Å². The fourth-order valence-corrected chi connectivity index (χ4v) is 1.51. The van der Waals surface area contributed by atoms with Crippen LogP contribution >= 0.6 is 0 Å². The lowest BCUT2D eigenvalue weighted by atomic mass is 10.2. The zero-order valence-electron chi connectivity index (χ0n) is 10.3. The predicted octanol–water partition coefficient (Wildman–Crippen LogP) is 1.05. The first-order valence-corrected chi connectivity index (χ1v) is 6.04. The van der Waals surface area contributed by atoms with Crippen LogP contribution < -0.4 is 5.32 Å². The van der Waals surface area contributed by atoms with Crippen LogP contribution in [0.3, 0.4) is 0 Å². The number of nitrogens with one attached hydrogen (secondary N) is 1. The van der Waals surface area contributed by atoms with Gasteiger partial charge >= 0.3 is 0 Å². The van der Waals surface area contributed by atoms with E-state index in [4.69, 9.17) is 14.0 Å². The summed E-state index contributed by atoms with van der Waals surface area (Å²) in [6, 6.07) is 0.444. The molecule has 1 aliphatic heterocycles. The highest BCUT2D eigenvalue weighted by molar-refractivity contribution is 4.92. The van der Waals surface area contributed by atoms with Crippen molar-refractivity contribution in [1.82, 2.24) is 15.5 Å². The highest BCUT2D eigenvalue weighted by atomic mass is 16.6. The Morgan fingerprint density at radius 2 is 2.35 bits per heavy atom. The minimum Gasteiger partial charge on any atom is -0.376 e. The Labute approximate surface area is 101 Å². The van der Waals surface area contributed by atoms with Crippen molar-refractivity contribution in [3.05, 3.63) is 11.7 Å². The van der Waals surface area contributed by atoms with Gasteiger partial charge in [0.25, 0.3) is 0 Å². The van der Waals surface area contributed by atoms with Crippen molar-refractivity contribution < 1.29 is 14.0 Å². The quantitative estimate of drug-likeness (QED) is 0.830. The fraction of sp³-hybridized carbons (Fsp3) is 0.818. The molecule has 17 heavy (non-hydrogen) atoms. The maximum Gasteiger partial charge on any atom is 0.240 e. The average molecular weight is 241 g/mol. The van der Waals surface area contributed by atoms with Crippen LogP contribution in [-0.2, 0) is 16.0 Å². The standard InChI is InChI=1S/C11H19N3O3/c1-3-8(2)12-6-10-13-11(14-17-10)9-7-15-4-5-16-9/h8-9,12H,3-7H2,1-2H3. The van der Waals surface area contributed by atoms with E-state index in [1.165, 1.54) is 0 Å². The van der Waals surface area contributed by atoms with Crippen molar-refractivity contribution in [2.45, 2.75) is 39.0 Å². The van der Waals surface area contributed by atoms with E-state index in [0.29, 0.717) is 44.1 Å². The van der Waals surface area contributed by atoms with Crippen LogP contribution in [0.15, 0.2) is 4.52 Å². The second-order valence-corrected chi connectivity index (χ2v) is 4.17. The molecule has 0 saturated carbocycles. The summed E-state index contributed by atoms with van der Waals surface area (Å²) in [6.45, 7) is 6.56. The molecular formula is C11H19N3O3. The second kappa shape index (κ2) is 6.09. The first kappa shape index (κ1) is 12.5. The Bertz CT molecular complexity index is 336. The molecule has 1 saturated heterocycles. The molecule has 0 amide bonds. The number of hydrogen-bond donors (Lipinski definition) is 1. The first-order chi connectivity index (χ1) is 8.29.